The molecule has 160 valence electrons. The molecule has 30 heavy (non-hydrogen) atoms. The molecule has 1 aliphatic heterocycles. The molecule has 8 nitrogen and oxygen atoms in total. The molecule has 0 aliphatic carbocycles. The Balaban J connectivity index is 1.84. The summed E-state index contributed by atoms with van der Waals surface area (Å²) in [5, 5.41) is 0. The Bertz CT molecular complexity index is 985. The number of rotatable bonds is 7. The standard InChI is InChI=1S/C21H25N3O5S/c1-29-18-7-9-19(10-8-18)30(27,28)24(17-5-3-2-4-6-17)15-20(25)23-13-11-16(12-14-23)21(22)26/h2-10,16H,11-15H2,1H3,(H2,22,26). The number of ether oxygens (including phenoxy) is 1. The highest BCUT2D eigenvalue weighted by Gasteiger charge is 2.31. The Morgan fingerprint density at radius 2 is 1.67 bits per heavy atom. The van der Waals surface area contributed by atoms with Crippen LogP contribution in [0.5, 0.6) is 5.75 Å². The van der Waals surface area contributed by atoms with Gasteiger partial charge in [0.1, 0.15) is 12.3 Å². The van der Waals surface area contributed by atoms with E-state index in [1.54, 1.807) is 47.4 Å². The van der Waals surface area contributed by atoms with Crippen molar-refractivity contribution < 1.29 is 22.7 Å². The molecule has 2 aromatic rings. The molecule has 9 heteroatoms. The lowest BCUT2D eigenvalue weighted by molar-refractivity contribution is -0.133. The summed E-state index contributed by atoms with van der Waals surface area (Å²) in [5.74, 6) is -0.398. The van der Waals surface area contributed by atoms with Gasteiger partial charge in [0.15, 0.2) is 0 Å². The summed E-state index contributed by atoms with van der Waals surface area (Å²) in [6.45, 7) is 0.412. The predicted octanol–water partition coefficient (Wildman–Crippen LogP) is 1.61. The fourth-order valence-electron chi connectivity index (χ4n) is 3.42. The molecule has 1 fully saturated rings. The fourth-order valence-corrected chi connectivity index (χ4v) is 4.83. The van der Waals surface area contributed by atoms with Gasteiger partial charge in [-0.25, -0.2) is 8.42 Å². The summed E-state index contributed by atoms with van der Waals surface area (Å²) in [4.78, 5) is 25.9. The van der Waals surface area contributed by atoms with Crippen LogP contribution >= 0.6 is 0 Å². The Kier molecular flexibility index (Phi) is 6.61. The predicted molar refractivity (Wildman–Crippen MR) is 112 cm³/mol. The highest BCUT2D eigenvalue weighted by molar-refractivity contribution is 7.92. The second-order valence-corrected chi connectivity index (χ2v) is 8.94. The lowest BCUT2D eigenvalue weighted by Gasteiger charge is -2.33. The maximum atomic E-state index is 13.3. The van der Waals surface area contributed by atoms with Crippen LogP contribution in [0.25, 0.3) is 0 Å². The quantitative estimate of drug-likeness (QED) is 0.716. The fraction of sp³-hybridized carbons (Fsp3) is 0.333. The van der Waals surface area contributed by atoms with Crippen LogP contribution in [0, 0.1) is 5.92 Å². The van der Waals surface area contributed by atoms with Gasteiger partial charge in [0.2, 0.25) is 11.8 Å². The van der Waals surface area contributed by atoms with Crippen LogP contribution < -0.4 is 14.8 Å². The van der Waals surface area contributed by atoms with Crippen molar-refractivity contribution in [1.29, 1.82) is 0 Å². The van der Waals surface area contributed by atoms with E-state index in [2.05, 4.69) is 0 Å². The molecule has 0 unspecified atom stereocenters. The van der Waals surface area contributed by atoms with Crippen molar-refractivity contribution in [3.8, 4) is 5.75 Å². The van der Waals surface area contributed by atoms with Gasteiger partial charge in [0.25, 0.3) is 10.0 Å². The first kappa shape index (κ1) is 21.6. The van der Waals surface area contributed by atoms with Crippen molar-refractivity contribution >= 4 is 27.5 Å². The maximum absolute atomic E-state index is 13.3. The molecule has 1 saturated heterocycles. The first-order valence-corrected chi connectivity index (χ1v) is 11.1. The third-order valence-corrected chi connectivity index (χ3v) is 7.01. The van der Waals surface area contributed by atoms with E-state index in [9.17, 15) is 18.0 Å². The van der Waals surface area contributed by atoms with Crippen LogP contribution in [0.1, 0.15) is 12.8 Å². The van der Waals surface area contributed by atoms with Gasteiger partial charge in [-0.15, -0.1) is 0 Å². The maximum Gasteiger partial charge on any atom is 0.264 e. The molecule has 0 bridgehead atoms. The molecule has 2 amide bonds. The third-order valence-electron chi connectivity index (χ3n) is 5.22. The summed E-state index contributed by atoms with van der Waals surface area (Å²) in [6, 6.07) is 14.5. The van der Waals surface area contributed by atoms with Crippen molar-refractivity contribution in [3.05, 3.63) is 54.6 Å². The topological polar surface area (TPSA) is 110 Å². The van der Waals surface area contributed by atoms with Gasteiger partial charge < -0.3 is 15.4 Å². The number of para-hydroxylation sites is 1. The summed E-state index contributed by atoms with van der Waals surface area (Å²) < 4.78 is 32.9. The van der Waals surface area contributed by atoms with Crippen molar-refractivity contribution in [2.24, 2.45) is 11.7 Å². The number of nitrogens with zero attached hydrogens (tertiary/aromatic N) is 2. The SMILES string of the molecule is COc1ccc(S(=O)(=O)N(CC(=O)N2CCC(C(N)=O)CC2)c2ccccc2)cc1. The minimum absolute atomic E-state index is 0.0624. The molecule has 0 saturated carbocycles. The first-order chi connectivity index (χ1) is 14.3. The van der Waals surface area contributed by atoms with Crippen LogP contribution in [0.4, 0.5) is 5.69 Å². The van der Waals surface area contributed by atoms with E-state index in [-0.39, 0.29) is 29.2 Å². The van der Waals surface area contributed by atoms with Crippen LogP contribution in [-0.2, 0) is 19.6 Å². The third kappa shape index (κ3) is 4.73. The molecular formula is C21H25N3O5S. The van der Waals surface area contributed by atoms with E-state index in [1.807, 2.05) is 0 Å². The summed E-state index contributed by atoms with van der Waals surface area (Å²) in [6.07, 6.45) is 0.968. The number of primary amides is 1. The molecule has 2 aromatic carbocycles. The number of nitrogens with two attached hydrogens (primary N) is 1. The molecule has 1 aliphatic rings. The van der Waals surface area contributed by atoms with E-state index in [1.165, 1.54) is 19.2 Å². The smallest absolute Gasteiger partial charge is 0.264 e. The van der Waals surface area contributed by atoms with Crippen LogP contribution in [0.15, 0.2) is 59.5 Å². The second kappa shape index (κ2) is 9.17. The minimum atomic E-state index is -3.98. The number of carbonyl (C=O) groups excluding carboxylic acids is 2. The number of amides is 2. The van der Waals surface area contributed by atoms with Crippen molar-refractivity contribution in [2.45, 2.75) is 17.7 Å². The summed E-state index contributed by atoms with van der Waals surface area (Å²) in [7, 11) is -2.48. The molecular weight excluding hydrogens is 406 g/mol. The van der Waals surface area contributed by atoms with E-state index in [4.69, 9.17) is 10.5 Å². The zero-order valence-electron chi connectivity index (χ0n) is 16.7. The number of hydrogen-bond acceptors (Lipinski definition) is 5. The van der Waals surface area contributed by atoms with Crippen molar-refractivity contribution in [1.82, 2.24) is 4.90 Å². The lowest BCUT2D eigenvalue weighted by atomic mass is 9.96. The van der Waals surface area contributed by atoms with Gasteiger partial charge in [-0.1, -0.05) is 18.2 Å². The van der Waals surface area contributed by atoms with Crippen LogP contribution in [0.3, 0.4) is 0 Å². The molecule has 3 rings (SSSR count). The van der Waals surface area contributed by atoms with E-state index >= 15 is 0 Å². The van der Waals surface area contributed by atoms with Crippen molar-refractivity contribution in [2.75, 3.05) is 31.0 Å². The molecule has 2 N–H and O–H groups in total. The number of benzene rings is 2. The number of carbonyl (C=O) groups is 2. The average molecular weight is 432 g/mol. The van der Waals surface area contributed by atoms with Gasteiger partial charge in [0, 0.05) is 19.0 Å². The number of piperidine rings is 1. The second-order valence-electron chi connectivity index (χ2n) is 7.08. The largest absolute Gasteiger partial charge is 0.497 e. The number of methoxy groups -OCH3 is 1. The molecule has 1 heterocycles. The zero-order valence-corrected chi connectivity index (χ0v) is 17.5. The molecule has 0 spiro atoms. The molecule has 0 radical (unpaired) electrons. The zero-order chi connectivity index (χ0) is 21.7. The number of sulfonamides is 1. The molecule has 0 atom stereocenters. The highest BCUT2D eigenvalue weighted by atomic mass is 32.2. The van der Waals surface area contributed by atoms with Gasteiger partial charge in [-0.2, -0.15) is 0 Å². The van der Waals surface area contributed by atoms with Gasteiger partial charge in [-0.3, -0.25) is 13.9 Å². The Morgan fingerprint density at radius 1 is 1.07 bits per heavy atom. The normalized spacial score (nSPS) is 14.9. The molecule has 0 aromatic heterocycles. The highest BCUT2D eigenvalue weighted by Crippen LogP contribution is 2.26. The summed E-state index contributed by atoms with van der Waals surface area (Å²) in [5.41, 5.74) is 5.75. The number of likely N-dealkylation sites (tertiary alicyclic amines) is 1. The monoisotopic (exact) mass is 431 g/mol. The van der Waals surface area contributed by atoms with Gasteiger partial charge >= 0.3 is 0 Å². The van der Waals surface area contributed by atoms with Gasteiger partial charge in [-0.05, 0) is 49.2 Å². The van der Waals surface area contributed by atoms with E-state index in [0.29, 0.717) is 37.4 Å². The Labute approximate surface area is 176 Å². The number of anilines is 1. The van der Waals surface area contributed by atoms with Crippen LogP contribution in [0.2, 0.25) is 0 Å². The Morgan fingerprint density at radius 3 is 2.20 bits per heavy atom. The van der Waals surface area contributed by atoms with Gasteiger partial charge in [0.05, 0.1) is 17.7 Å². The van der Waals surface area contributed by atoms with E-state index < -0.39 is 10.0 Å². The van der Waals surface area contributed by atoms with Crippen molar-refractivity contribution in [3.63, 3.8) is 0 Å². The number of hydrogen-bond donors (Lipinski definition) is 1. The minimum Gasteiger partial charge on any atom is -0.497 e. The summed E-state index contributed by atoms with van der Waals surface area (Å²) >= 11 is 0. The Hall–Kier alpha value is -3.07. The van der Waals surface area contributed by atoms with Crippen LogP contribution in [-0.4, -0.2) is 51.9 Å². The first-order valence-electron chi connectivity index (χ1n) is 9.62. The van der Waals surface area contributed by atoms with E-state index in [0.717, 1.165) is 4.31 Å². The lowest BCUT2D eigenvalue weighted by Crippen LogP contribution is -2.47. The average Bonchev–Trinajstić information content (AvgIpc) is 2.77.